The van der Waals surface area contributed by atoms with Crippen LogP contribution in [-0.2, 0) is 0 Å². The lowest BCUT2D eigenvalue weighted by Gasteiger charge is -2.39. The maximum Gasteiger partial charge on any atom is 0.119 e. The first-order valence-corrected chi connectivity index (χ1v) is 10.1. The van der Waals surface area contributed by atoms with E-state index in [0.717, 1.165) is 29.5 Å². The van der Waals surface area contributed by atoms with Gasteiger partial charge in [-0.3, -0.25) is 0 Å². The highest BCUT2D eigenvalue weighted by Gasteiger charge is 2.34. The zero-order chi connectivity index (χ0) is 16.5. The van der Waals surface area contributed by atoms with Crippen molar-refractivity contribution in [3.8, 4) is 5.75 Å². The number of hydrogen-bond donors (Lipinski definition) is 0. The van der Waals surface area contributed by atoms with Crippen LogP contribution in [0.3, 0.4) is 0 Å². The molecular formula is C22H33NO. The van der Waals surface area contributed by atoms with E-state index in [9.17, 15) is 0 Å². The maximum atomic E-state index is 5.36. The number of rotatable bonds is 3. The average Bonchev–Trinajstić information content (AvgIpc) is 2.94. The second kappa shape index (κ2) is 7.07. The lowest BCUT2D eigenvalue weighted by molar-refractivity contribution is 0.125. The fraction of sp³-hybridized carbons (Fsp3) is 0.727. The van der Waals surface area contributed by atoms with Crippen molar-refractivity contribution in [2.24, 2.45) is 11.8 Å². The molecule has 3 atom stereocenters. The minimum atomic E-state index is 0.745. The molecule has 2 bridgehead atoms. The van der Waals surface area contributed by atoms with Crippen LogP contribution in [0.5, 0.6) is 5.75 Å². The summed E-state index contributed by atoms with van der Waals surface area (Å²) in [7, 11) is 1.76. The Hall–Kier alpha value is -1.02. The molecule has 2 heteroatoms. The summed E-state index contributed by atoms with van der Waals surface area (Å²) in [6, 6.07) is 7.53. The summed E-state index contributed by atoms with van der Waals surface area (Å²) in [5, 5.41) is 0. The molecule has 1 aromatic rings. The van der Waals surface area contributed by atoms with Gasteiger partial charge in [-0.2, -0.15) is 0 Å². The summed E-state index contributed by atoms with van der Waals surface area (Å²) in [4.78, 5) is 2.84. The van der Waals surface area contributed by atoms with Crippen LogP contribution in [0.15, 0.2) is 18.2 Å². The third-order valence-corrected chi connectivity index (χ3v) is 7.13. The maximum absolute atomic E-state index is 5.36. The minimum absolute atomic E-state index is 0.745. The number of aryl methyl sites for hydroxylation is 1. The minimum Gasteiger partial charge on any atom is -0.497 e. The number of ether oxygens (including phenoxy) is 1. The summed E-state index contributed by atoms with van der Waals surface area (Å²) in [5.74, 6) is 3.85. The molecule has 2 nitrogen and oxygen atoms in total. The van der Waals surface area contributed by atoms with Crippen LogP contribution in [0.4, 0.5) is 0 Å². The number of benzene rings is 1. The van der Waals surface area contributed by atoms with Crippen LogP contribution in [0, 0.1) is 18.8 Å². The second-order valence-electron chi connectivity index (χ2n) is 8.54. The topological polar surface area (TPSA) is 12.5 Å². The van der Waals surface area contributed by atoms with Crippen molar-refractivity contribution >= 4 is 0 Å². The molecule has 0 amide bonds. The Morgan fingerprint density at radius 3 is 2.42 bits per heavy atom. The van der Waals surface area contributed by atoms with Gasteiger partial charge in [0.2, 0.25) is 0 Å². The summed E-state index contributed by atoms with van der Waals surface area (Å²) in [6.45, 7) is 4.85. The van der Waals surface area contributed by atoms with Crippen molar-refractivity contribution in [1.29, 1.82) is 0 Å². The Morgan fingerprint density at radius 1 is 0.917 bits per heavy atom. The predicted octanol–water partition coefficient (Wildman–Crippen LogP) is 5.15. The highest BCUT2D eigenvalue weighted by molar-refractivity contribution is 5.37. The lowest BCUT2D eigenvalue weighted by Crippen LogP contribution is -2.41. The predicted molar refractivity (Wildman–Crippen MR) is 99.7 cm³/mol. The van der Waals surface area contributed by atoms with Gasteiger partial charge in [0.15, 0.2) is 0 Å². The van der Waals surface area contributed by atoms with Crippen molar-refractivity contribution < 1.29 is 4.74 Å². The van der Waals surface area contributed by atoms with Crippen molar-refractivity contribution in [2.45, 2.75) is 70.3 Å². The lowest BCUT2D eigenvalue weighted by atomic mass is 9.85. The van der Waals surface area contributed by atoms with Gasteiger partial charge in [0.1, 0.15) is 5.75 Å². The van der Waals surface area contributed by atoms with E-state index in [4.69, 9.17) is 4.74 Å². The molecule has 2 saturated carbocycles. The van der Waals surface area contributed by atoms with E-state index in [2.05, 4.69) is 30.0 Å². The normalized spacial score (nSPS) is 31.8. The summed E-state index contributed by atoms with van der Waals surface area (Å²) < 4.78 is 5.36. The number of likely N-dealkylation sites (tertiary alicyclic amines) is 1. The van der Waals surface area contributed by atoms with Gasteiger partial charge in [-0.1, -0.05) is 18.9 Å². The number of nitrogens with zero attached hydrogens (tertiary/aromatic N) is 1. The van der Waals surface area contributed by atoms with E-state index in [1.165, 1.54) is 70.0 Å². The van der Waals surface area contributed by atoms with Gasteiger partial charge in [-0.05, 0) is 99.6 Å². The Balaban J connectivity index is 1.36. The Bertz CT molecular complexity index is 561. The monoisotopic (exact) mass is 327 g/mol. The van der Waals surface area contributed by atoms with Crippen LogP contribution >= 0.6 is 0 Å². The summed E-state index contributed by atoms with van der Waals surface area (Å²) in [5.41, 5.74) is 2.95. The first-order chi connectivity index (χ1) is 11.7. The largest absolute Gasteiger partial charge is 0.497 e. The molecule has 2 aliphatic carbocycles. The van der Waals surface area contributed by atoms with Gasteiger partial charge >= 0.3 is 0 Å². The first kappa shape index (κ1) is 16.4. The molecule has 24 heavy (non-hydrogen) atoms. The van der Waals surface area contributed by atoms with E-state index in [-0.39, 0.29) is 0 Å². The first-order valence-electron chi connectivity index (χ1n) is 10.1. The van der Waals surface area contributed by atoms with E-state index < -0.39 is 0 Å². The molecule has 4 rings (SSSR count). The molecule has 1 unspecified atom stereocenters. The van der Waals surface area contributed by atoms with E-state index in [0.29, 0.717) is 0 Å². The Labute approximate surface area is 147 Å². The third kappa shape index (κ3) is 3.35. The van der Waals surface area contributed by atoms with Crippen molar-refractivity contribution in [3.05, 3.63) is 29.3 Å². The molecule has 3 fully saturated rings. The van der Waals surface area contributed by atoms with Gasteiger partial charge in [-0.25, -0.2) is 0 Å². The number of hydrogen-bond acceptors (Lipinski definition) is 2. The molecule has 1 aliphatic heterocycles. The van der Waals surface area contributed by atoms with Gasteiger partial charge in [0.05, 0.1) is 7.11 Å². The van der Waals surface area contributed by atoms with Crippen LogP contribution in [0.2, 0.25) is 0 Å². The molecular weight excluding hydrogens is 294 g/mol. The van der Waals surface area contributed by atoms with Gasteiger partial charge in [-0.15, -0.1) is 0 Å². The zero-order valence-electron chi connectivity index (χ0n) is 15.5. The SMILES string of the molecule is COc1ccc(C2CCN(C3CC[C@H]4CC[C@H](C3)C4)CC2)c(C)c1. The van der Waals surface area contributed by atoms with E-state index in [1.807, 2.05) is 0 Å². The molecule has 0 spiro atoms. The molecule has 0 N–H and O–H groups in total. The van der Waals surface area contributed by atoms with Crippen LogP contribution in [-0.4, -0.2) is 31.1 Å². The zero-order valence-corrected chi connectivity index (χ0v) is 15.5. The van der Waals surface area contributed by atoms with Crippen LogP contribution in [0.1, 0.15) is 68.4 Å². The fourth-order valence-corrected chi connectivity index (χ4v) is 5.73. The smallest absolute Gasteiger partial charge is 0.119 e. The van der Waals surface area contributed by atoms with Crippen LogP contribution < -0.4 is 4.74 Å². The van der Waals surface area contributed by atoms with E-state index in [1.54, 1.807) is 12.7 Å². The molecule has 0 aromatic heterocycles. The average molecular weight is 328 g/mol. The number of piperidine rings is 1. The van der Waals surface area contributed by atoms with Crippen LogP contribution in [0.25, 0.3) is 0 Å². The van der Waals surface area contributed by atoms with Crippen molar-refractivity contribution in [3.63, 3.8) is 0 Å². The molecule has 1 aromatic carbocycles. The van der Waals surface area contributed by atoms with E-state index >= 15 is 0 Å². The molecule has 1 heterocycles. The van der Waals surface area contributed by atoms with Gasteiger partial charge < -0.3 is 9.64 Å². The standard InChI is InChI=1S/C22H33NO/c1-16-13-21(24-2)7-8-22(16)19-9-11-23(12-10-19)20-6-5-17-3-4-18(14-17)15-20/h7-8,13,17-20H,3-6,9-12,14-15H2,1-2H3/t17-,18+,20?/m1/s1. The highest BCUT2D eigenvalue weighted by Crippen LogP contribution is 2.42. The van der Waals surface area contributed by atoms with Crippen molar-refractivity contribution in [1.82, 2.24) is 4.90 Å². The van der Waals surface area contributed by atoms with Gasteiger partial charge in [0.25, 0.3) is 0 Å². The fourth-order valence-electron chi connectivity index (χ4n) is 5.73. The molecule has 3 aliphatic rings. The van der Waals surface area contributed by atoms with Crippen molar-refractivity contribution in [2.75, 3.05) is 20.2 Å². The number of methoxy groups -OCH3 is 1. The summed E-state index contributed by atoms with van der Waals surface area (Å²) in [6.07, 6.45) is 11.7. The molecule has 1 saturated heterocycles. The third-order valence-electron chi connectivity index (χ3n) is 7.13. The van der Waals surface area contributed by atoms with Gasteiger partial charge in [0, 0.05) is 6.04 Å². The number of fused-ring (bicyclic) bond motifs is 2. The second-order valence-corrected chi connectivity index (χ2v) is 8.54. The summed E-state index contributed by atoms with van der Waals surface area (Å²) >= 11 is 0. The Kier molecular flexibility index (Phi) is 4.85. The highest BCUT2D eigenvalue weighted by atomic mass is 16.5. The Morgan fingerprint density at radius 2 is 1.67 bits per heavy atom. The quantitative estimate of drug-likeness (QED) is 0.761. The molecule has 0 radical (unpaired) electrons. The molecule has 132 valence electrons.